The summed E-state index contributed by atoms with van der Waals surface area (Å²) in [4.78, 5) is 8.43. The van der Waals surface area contributed by atoms with E-state index in [0.717, 1.165) is 16.7 Å². The molecule has 1 N–H and O–H groups in total. The lowest BCUT2D eigenvalue weighted by Gasteiger charge is -2.17. The number of sulfonamides is 1. The SMILES string of the molecule is O=S(=O)(NCc1cccnc1)C1=CC[CH]C=C1Cc1cccnc1. The van der Waals surface area contributed by atoms with Crippen molar-refractivity contribution in [2.24, 2.45) is 0 Å². The van der Waals surface area contributed by atoms with E-state index < -0.39 is 10.0 Å². The fourth-order valence-corrected chi connectivity index (χ4v) is 3.82. The number of hydrogen-bond donors (Lipinski definition) is 1. The zero-order valence-corrected chi connectivity index (χ0v) is 13.9. The lowest BCUT2D eigenvalue weighted by atomic mass is 10.0. The van der Waals surface area contributed by atoms with Gasteiger partial charge in [-0.2, -0.15) is 0 Å². The Morgan fingerprint density at radius 3 is 2.42 bits per heavy atom. The number of nitrogens with zero attached hydrogens (tertiary/aromatic N) is 2. The first-order valence-corrected chi connectivity index (χ1v) is 9.14. The summed E-state index contributed by atoms with van der Waals surface area (Å²) < 4.78 is 28.0. The Morgan fingerprint density at radius 1 is 1.04 bits per heavy atom. The summed E-state index contributed by atoms with van der Waals surface area (Å²) in [6.07, 6.45) is 13.5. The van der Waals surface area contributed by atoms with Crippen LogP contribution in [0.4, 0.5) is 0 Å². The zero-order valence-electron chi connectivity index (χ0n) is 13.1. The summed E-state index contributed by atoms with van der Waals surface area (Å²) >= 11 is 0. The molecule has 5 nitrogen and oxygen atoms in total. The van der Waals surface area contributed by atoms with Gasteiger partial charge < -0.3 is 0 Å². The van der Waals surface area contributed by atoms with E-state index in [4.69, 9.17) is 0 Å². The third kappa shape index (κ3) is 4.15. The topological polar surface area (TPSA) is 72.0 Å². The molecule has 0 amide bonds. The van der Waals surface area contributed by atoms with Crippen LogP contribution in [0.2, 0.25) is 0 Å². The summed E-state index contributed by atoms with van der Waals surface area (Å²) in [5.41, 5.74) is 2.57. The van der Waals surface area contributed by atoms with Gasteiger partial charge in [0.05, 0.1) is 4.91 Å². The molecule has 1 radical (unpaired) electrons. The first-order valence-electron chi connectivity index (χ1n) is 7.65. The highest BCUT2D eigenvalue weighted by Gasteiger charge is 2.23. The molecule has 1 aliphatic rings. The first kappa shape index (κ1) is 16.5. The predicted octanol–water partition coefficient (Wildman–Crippen LogP) is 2.56. The standard InChI is InChI=1S/C18H18N3O2S/c22-24(23,21-14-16-6-4-10-20-13-16)18-8-2-1-7-17(18)11-15-5-3-9-19-12-15/h1,3-10,12-13,21H,2,11,14H2. The molecule has 6 heteroatoms. The highest BCUT2D eigenvalue weighted by atomic mass is 32.2. The van der Waals surface area contributed by atoms with Crippen LogP contribution in [0.25, 0.3) is 0 Å². The van der Waals surface area contributed by atoms with Crippen LogP contribution in [-0.2, 0) is 23.0 Å². The number of aromatic nitrogens is 2. The molecule has 0 aliphatic heterocycles. The molecule has 0 saturated heterocycles. The minimum atomic E-state index is -3.58. The van der Waals surface area contributed by atoms with Gasteiger partial charge >= 0.3 is 0 Å². The number of hydrogen-bond acceptors (Lipinski definition) is 4. The lowest BCUT2D eigenvalue weighted by molar-refractivity contribution is 0.587. The van der Waals surface area contributed by atoms with Gasteiger partial charge in [0.25, 0.3) is 0 Å². The maximum Gasteiger partial charge on any atom is 0.240 e. The molecule has 0 unspecified atom stereocenters. The van der Waals surface area contributed by atoms with Crippen molar-refractivity contribution in [2.75, 3.05) is 0 Å². The molecule has 0 bridgehead atoms. The third-order valence-electron chi connectivity index (χ3n) is 3.67. The molecule has 0 spiro atoms. The van der Waals surface area contributed by atoms with Gasteiger partial charge in [-0.25, -0.2) is 13.1 Å². The fraction of sp³-hybridized carbons (Fsp3) is 0.167. The molecule has 0 atom stereocenters. The molecule has 0 saturated carbocycles. The molecule has 2 aromatic heterocycles. The van der Waals surface area contributed by atoms with E-state index in [1.165, 1.54) is 0 Å². The summed E-state index contributed by atoms with van der Waals surface area (Å²) in [6, 6.07) is 7.41. The minimum absolute atomic E-state index is 0.220. The molecular weight excluding hydrogens is 322 g/mol. The van der Waals surface area contributed by atoms with Crippen molar-refractivity contribution in [1.29, 1.82) is 0 Å². The molecule has 24 heavy (non-hydrogen) atoms. The molecular formula is C18H18N3O2S. The van der Waals surface area contributed by atoms with Crippen molar-refractivity contribution >= 4 is 10.0 Å². The zero-order chi connectivity index (χ0) is 16.8. The maximum atomic E-state index is 12.7. The van der Waals surface area contributed by atoms with Crippen LogP contribution in [0.3, 0.4) is 0 Å². The maximum absolute atomic E-state index is 12.7. The Balaban J connectivity index is 1.75. The summed E-state index contributed by atoms with van der Waals surface area (Å²) in [7, 11) is -3.58. The molecule has 123 valence electrons. The van der Waals surface area contributed by atoms with Crippen LogP contribution in [0.1, 0.15) is 17.5 Å². The number of allylic oxidation sites excluding steroid dienone is 3. The van der Waals surface area contributed by atoms with Crippen molar-refractivity contribution < 1.29 is 8.42 Å². The van der Waals surface area contributed by atoms with Gasteiger partial charge in [0, 0.05) is 31.3 Å². The van der Waals surface area contributed by atoms with Gasteiger partial charge in [0.15, 0.2) is 0 Å². The summed E-state index contributed by atoms with van der Waals surface area (Å²) in [6.45, 7) is 0.220. The minimum Gasteiger partial charge on any atom is -0.264 e. The fourth-order valence-electron chi connectivity index (χ4n) is 2.51. The van der Waals surface area contributed by atoms with Crippen molar-refractivity contribution in [3.05, 3.63) is 89.2 Å². The Morgan fingerprint density at radius 2 is 1.75 bits per heavy atom. The number of rotatable bonds is 6. The van der Waals surface area contributed by atoms with Crippen LogP contribution < -0.4 is 4.72 Å². The molecule has 1 aliphatic carbocycles. The van der Waals surface area contributed by atoms with Gasteiger partial charge in [-0.15, -0.1) is 0 Å². The van der Waals surface area contributed by atoms with Gasteiger partial charge in [-0.1, -0.05) is 24.3 Å². The van der Waals surface area contributed by atoms with Crippen LogP contribution in [0.5, 0.6) is 0 Å². The van der Waals surface area contributed by atoms with Crippen LogP contribution in [-0.4, -0.2) is 18.4 Å². The van der Waals surface area contributed by atoms with Crippen molar-refractivity contribution in [3.8, 4) is 0 Å². The van der Waals surface area contributed by atoms with E-state index in [1.807, 2.05) is 30.7 Å². The lowest BCUT2D eigenvalue weighted by Crippen LogP contribution is -2.26. The molecule has 3 rings (SSSR count). The van der Waals surface area contributed by atoms with Gasteiger partial charge in [-0.05, 0) is 48.1 Å². The smallest absolute Gasteiger partial charge is 0.240 e. The highest BCUT2D eigenvalue weighted by molar-refractivity contribution is 7.93. The van der Waals surface area contributed by atoms with Crippen molar-refractivity contribution in [3.63, 3.8) is 0 Å². The van der Waals surface area contributed by atoms with Gasteiger partial charge in [0.1, 0.15) is 0 Å². The van der Waals surface area contributed by atoms with E-state index in [2.05, 4.69) is 14.7 Å². The second-order valence-corrected chi connectivity index (χ2v) is 7.19. The summed E-state index contributed by atoms with van der Waals surface area (Å²) in [5, 5.41) is 0. The molecule has 2 heterocycles. The van der Waals surface area contributed by atoms with E-state index in [0.29, 0.717) is 17.7 Å². The number of nitrogens with one attached hydrogen (secondary N) is 1. The van der Waals surface area contributed by atoms with E-state index in [-0.39, 0.29) is 6.54 Å². The Labute approximate surface area is 142 Å². The van der Waals surface area contributed by atoms with E-state index >= 15 is 0 Å². The van der Waals surface area contributed by atoms with Crippen molar-refractivity contribution in [1.82, 2.24) is 14.7 Å². The van der Waals surface area contributed by atoms with E-state index in [1.54, 1.807) is 36.9 Å². The summed E-state index contributed by atoms with van der Waals surface area (Å²) in [5.74, 6) is 0. The first-order chi connectivity index (χ1) is 11.6. The predicted molar refractivity (Wildman–Crippen MR) is 93.0 cm³/mol. The second kappa shape index (κ2) is 7.51. The molecule has 0 aromatic carbocycles. The van der Waals surface area contributed by atoms with Crippen molar-refractivity contribution in [2.45, 2.75) is 19.4 Å². The second-order valence-electron chi connectivity index (χ2n) is 5.46. The number of pyridine rings is 2. The monoisotopic (exact) mass is 340 g/mol. The van der Waals surface area contributed by atoms with Crippen LogP contribution in [0, 0.1) is 6.42 Å². The largest absolute Gasteiger partial charge is 0.264 e. The highest BCUT2D eigenvalue weighted by Crippen LogP contribution is 2.26. The normalized spacial score (nSPS) is 14.8. The average Bonchev–Trinajstić information content (AvgIpc) is 2.62. The molecule has 2 aromatic rings. The Bertz CT molecular complexity index is 844. The quantitative estimate of drug-likeness (QED) is 0.877. The van der Waals surface area contributed by atoms with Gasteiger partial charge in [-0.3, -0.25) is 9.97 Å². The van der Waals surface area contributed by atoms with Crippen LogP contribution >= 0.6 is 0 Å². The molecule has 0 fully saturated rings. The third-order valence-corrected chi connectivity index (χ3v) is 5.20. The average molecular weight is 340 g/mol. The Kier molecular flexibility index (Phi) is 5.17. The van der Waals surface area contributed by atoms with E-state index in [9.17, 15) is 8.42 Å². The Hall–Kier alpha value is -2.31. The van der Waals surface area contributed by atoms with Gasteiger partial charge in [0.2, 0.25) is 10.0 Å². The van der Waals surface area contributed by atoms with Crippen LogP contribution in [0.15, 0.2) is 71.7 Å².